The van der Waals surface area contributed by atoms with Gasteiger partial charge in [0.25, 0.3) is 0 Å². The third kappa shape index (κ3) is 1.99. The molecule has 0 aliphatic rings. The van der Waals surface area contributed by atoms with Crippen LogP contribution < -0.4 is 0 Å². The second kappa shape index (κ2) is 6.09. The van der Waals surface area contributed by atoms with E-state index in [1.54, 1.807) is 6.08 Å². The lowest BCUT2D eigenvalue weighted by Crippen LogP contribution is -1.81. The maximum Gasteiger partial charge on any atom is 0.136 e. The maximum atomic E-state index is 6.22. The molecule has 0 amide bonds. The first kappa shape index (κ1) is 18.0. The number of furan rings is 2. The zero-order chi connectivity index (χ0) is 22.6. The second-order valence-electron chi connectivity index (χ2n) is 8.99. The van der Waals surface area contributed by atoms with Crippen LogP contribution in [0.3, 0.4) is 0 Å². The average molecular weight is 437 g/mol. The molecule has 0 radical (unpaired) electrons. The molecular formula is C31H19NO2. The van der Waals surface area contributed by atoms with Crippen LogP contribution in [-0.2, 0) is 0 Å². The quantitative estimate of drug-likeness (QED) is 0.253. The van der Waals surface area contributed by atoms with Crippen molar-refractivity contribution in [3.05, 3.63) is 96.8 Å². The molecule has 4 aromatic heterocycles. The highest BCUT2D eigenvalue weighted by atomic mass is 16.3. The minimum Gasteiger partial charge on any atom is -0.456 e. The van der Waals surface area contributed by atoms with E-state index in [1.807, 2.05) is 24.3 Å². The zero-order valence-electron chi connectivity index (χ0n) is 18.6. The van der Waals surface area contributed by atoms with Crippen LogP contribution >= 0.6 is 0 Å². The van der Waals surface area contributed by atoms with Crippen molar-refractivity contribution in [3.63, 3.8) is 0 Å². The van der Waals surface area contributed by atoms with E-state index in [0.29, 0.717) is 0 Å². The Hall–Kier alpha value is -4.50. The monoisotopic (exact) mass is 437 g/mol. The van der Waals surface area contributed by atoms with E-state index in [1.165, 1.54) is 48.9 Å². The number of nitrogens with zero attached hydrogens (tertiary/aromatic N) is 1. The van der Waals surface area contributed by atoms with E-state index in [9.17, 15) is 0 Å². The summed E-state index contributed by atoms with van der Waals surface area (Å²) in [5.41, 5.74) is 7.57. The van der Waals surface area contributed by atoms with Gasteiger partial charge in [-0.3, -0.25) is 0 Å². The number of hydrogen-bond acceptors (Lipinski definition) is 2. The maximum absolute atomic E-state index is 6.22. The lowest BCUT2D eigenvalue weighted by Gasteiger charge is -2.00. The Morgan fingerprint density at radius 2 is 1.35 bits per heavy atom. The van der Waals surface area contributed by atoms with Gasteiger partial charge in [0, 0.05) is 43.3 Å². The Kier molecular flexibility index (Phi) is 3.22. The van der Waals surface area contributed by atoms with E-state index < -0.39 is 0 Å². The standard InChI is InChI=1S/C31H19NO2/c1-3-4-11-23-17(2)27-25(33-23)15-13-21-28(27)19-9-7-10-20-29-22(32(21)31(19)20)14-16-26-30(29)18-8-5-6-12-24(18)34-26/h3-16H,1H2,2H3/b11-4-. The van der Waals surface area contributed by atoms with Crippen LogP contribution in [0, 0.1) is 6.92 Å². The van der Waals surface area contributed by atoms with Gasteiger partial charge in [0.2, 0.25) is 0 Å². The largest absolute Gasteiger partial charge is 0.456 e. The number of rotatable bonds is 2. The molecular weight excluding hydrogens is 418 g/mol. The molecule has 0 spiro atoms. The van der Waals surface area contributed by atoms with E-state index in [4.69, 9.17) is 8.83 Å². The summed E-state index contributed by atoms with van der Waals surface area (Å²) in [6.07, 6.45) is 5.68. The van der Waals surface area contributed by atoms with Crippen LogP contribution in [0.2, 0.25) is 0 Å². The van der Waals surface area contributed by atoms with Crippen molar-refractivity contribution in [1.82, 2.24) is 4.40 Å². The van der Waals surface area contributed by atoms with Crippen molar-refractivity contribution in [2.24, 2.45) is 0 Å². The highest BCUT2D eigenvalue weighted by molar-refractivity contribution is 6.34. The number of fused-ring (bicyclic) bond motifs is 12. The first-order chi connectivity index (χ1) is 16.8. The first-order valence-electron chi connectivity index (χ1n) is 11.5. The summed E-state index contributed by atoms with van der Waals surface area (Å²) in [7, 11) is 0. The molecule has 0 aliphatic heterocycles. The molecule has 160 valence electrons. The molecule has 0 aliphatic carbocycles. The average Bonchev–Trinajstić information content (AvgIpc) is 3.58. The Balaban J connectivity index is 1.64. The molecule has 4 heterocycles. The normalized spacial score (nSPS) is 12.9. The fourth-order valence-electron chi connectivity index (χ4n) is 5.94. The van der Waals surface area contributed by atoms with Gasteiger partial charge in [0.15, 0.2) is 0 Å². The van der Waals surface area contributed by atoms with Gasteiger partial charge in [-0.1, -0.05) is 55.1 Å². The molecule has 4 aromatic carbocycles. The van der Waals surface area contributed by atoms with Gasteiger partial charge < -0.3 is 13.2 Å². The molecule has 0 N–H and O–H groups in total. The summed E-state index contributed by atoms with van der Waals surface area (Å²) in [5, 5.41) is 8.53. The molecule has 3 nitrogen and oxygen atoms in total. The van der Waals surface area contributed by atoms with E-state index in [2.05, 4.69) is 72.5 Å². The van der Waals surface area contributed by atoms with Crippen molar-refractivity contribution >= 4 is 77.1 Å². The second-order valence-corrected chi connectivity index (χ2v) is 8.99. The minimum absolute atomic E-state index is 0.878. The van der Waals surface area contributed by atoms with Crippen LogP contribution in [0.4, 0.5) is 0 Å². The van der Waals surface area contributed by atoms with Gasteiger partial charge in [0.1, 0.15) is 22.5 Å². The lowest BCUT2D eigenvalue weighted by atomic mass is 10.0. The number of benzene rings is 4. The van der Waals surface area contributed by atoms with Crippen molar-refractivity contribution in [1.29, 1.82) is 0 Å². The molecule has 0 fully saturated rings. The SMILES string of the molecule is C=C/C=C\c1oc2ccc3c(c4cccc5c6c7c(ccc6n3c45)oc3ccccc37)c2c1C. The van der Waals surface area contributed by atoms with Crippen LogP contribution in [0.25, 0.3) is 77.1 Å². The van der Waals surface area contributed by atoms with Crippen molar-refractivity contribution in [3.8, 4) is 0 Å². The molecule has 0 saturated heterocycles. The number of aryl methyl sites for hydroxylation is 1. The molecule has 0 saturated carbocycles. The Morgan fingerprint density at radius 1 is 0.676 bits per heavy atom. The van der Waals surface area contributed by atoms with Crippen molar-refractivity contribution in [2.45, 2.75) is 6.92 Å². The first-order valence-corrected chi connectivity index (χ1v) is 11.5. The molecule has 3 heteroatoms. The number of aromatic nitrogens is 1. The Morgan fingerprint density at radius 3 is 2.12 bits per heavy atom. The molecule has 0 bridgehead atoms. The van der Waals surface area contributed by atoms with Crippen LogP contribution in [0.1, 0.15) is 11.3 Å². The fourth-order valence-corrected chi connectivity index (χ4v) is 5.94. The van der Waals surface area contributed by atoms with Crippen LogP contribution in [0.5, 0.6) is 0 Å². The number of para-hydroxylation sites is 2. The van der Waals surface area contributed by atoms with Crippen molar-refractivity contribution in [2.75, 3.05) is 0 Å². The van der Waals surface area contributed by atoms with E-state index in [0.717, 1.165) is 33.5 Å². The highest BCUT2D eigenvalue weighted by Crippen LogP contribution is 2.46. The van der Waals surface area contributed by atoms with Crippen molar-refractivity contribution < 1.29 is 8.83 Å². The predicted octanol–water partition coefficient (Wildman–Crippen LogP) is 8.99. The van der Waals surface area contributed by atoms with Gasteiger partial charge in [-0.25, -0.2) is 0 Å². The smallest absolute Gasteiger partial charge is 0.136 e. The highest BCUT2D eigenvalue weighted by Gasteiger charge is 2.23. The van der Waals surface area contributed by atoms with E-state index >= 15 is 0 Å². The fraction of sp³-hybridized carbons (Fsp3) is 0.0323. The van der Waals surface area contributed by atoms with Gasteiger partial charge >= 0.3 is 0 Å². The number of hydrogen-bond donors (Lipinski definition) is 0. The molecule has 0 unspecified atom stereocenters. The van der Waals surface area contributed by atoms with Gasteiger partial charge in [0.05, 0.1) is 16.6 Å². The summed E-state index contributed by atoms with van der Waals surface area (Å²) in [6, 6.07) is 23.6. The molecule has 34 heavy (non-hydrogen) atoms. The Bertz CT molecular complexity index is 2150. The number of allylic oxidation sites excluding steroid dienone is 2. The summed E-state index contributed by atoms with van der Waals surface area (Å²) < 4.78 is 14.9. The van der Waals surface area contributed by atoms with E-state index in [-0.39, 0.29) is 0 Å². The summed E-state index contributed by atoms with van der Waals surface area (Å²) in [5.74, 6) is 0.878. The van der Waals surface area contributed by atoms with Gasteiger partial charge in [-0.05, 0) is 43.3 Å². The predicted molar refractivity (Wildman–Crippen MR) is 142 cm³/mol. The minimum atomic E-state index is 0.878. The third-order valence-electron chi connectivity index (χ3n) is 7.29. The van der Waals surface area contributed by atoms with Crippen LogP contribution in [0.15, 0.2) is 94.3 Å². The van der Waals surface area contributed by atoms with Gasteiger partial charge in [-0.15, -0.1) is 0 Å². The third-order valence-corrected chi connectivity index (χ3v) is 7.29. The molecule has 8 rings (SSSR count). The summed E-state index contributed by atoms with van der Waals surface area (Å²) in [6.45, 7) is 5.93. The zero-order valence-corrected chi connectivity index (χ0v) is 18.6. The van der Waals surface area contributed by atoms with Gasteiger partial charge in [-0.2, -0.15) is 0 Å². The lowest BCUT2D eigenvalue weighted by molar-refractivity contribution is 0.601. The summed E-state index contributed by atoms with van der Waals surface area (Å²) >= 11 is 0. The molecule has 8 aromatic rings. The Labute approximate surface area is 194 Å². The topological polar surface area (TPSA) is 30.7 Å². The van der Waals surface area contributed by atoms with Crippen LogP contribution in [-0.4, -0.2) is 4.40 Å². The summed E-state index contributed by atoms with van der Waals surface area (Å²) in [4.78, 5) is 0. The molecule has 0 atom stereocenters.